The molecule has 20 heavy (non-hydrogen) atoms. The first-order chi connectivity index (χ1) is 9.24. The number of rotatable bonds is 3. The molecule has 0 atom stereocenters. The van der Waals surface area contributed by atoms with Crippen molar-refractivity contribution in [2.75, 3.05) is 5.32 Å². The van der Waals surface area contributed by atoms with Crippen LogP contribution in [0.3, 0.4) is 0 Å². The lowest BCUT2D eigenvalue weighted by atomic mass is 9.96. The Balaban J connectivity index is 2.72. The van der Waals surface area contributed by atoms with Crippen LogP contribution in [0.15, 0.2) is 24.3 Å². The van der Waals surface area contributed by atoms with Crippen LogP contribution < -0.4 is 10.6 Å². The van der Waals surface area contributed by atoms with E-state index in [0.29, 0.717) is 17.7 Å². The molecule has 0 fully saturated rings. The Morgan fingerprint density at radius 2 is 1.90 bits per heavy atom. The molecule has 0 aromatic heterocycles. The third-order valence-electron chi connectivity index (χ3n) is 2.67. The largest absolute Gasteiger partial charge is 0.332 e. The monoisotopic (exact) mass is 292 g/mol. The van der Waals surface area contributed by atoms with Gasteiger partial charge in [0.2, 0.25) is 5.91 Å². The van der Waals surface area contributed by atoms with Crippen LogP contribution in [-0.2, 0) is 4.79 Å². The van der Waals surface area contributed by atoms with E-state index in [1.54, 1.807) is 24.3 Å². The van der Waals surface area contributed by atoms with E-state index < -0.39 is 5.41 Å². The number of ketones is 1. The molecule has 1 rings (SSSR count). The van der Waals surface area contributed by atoms with Crippen molar-refractivity contribution < 1.29 is 9.59 Å². The summed E-state index contributed by atoms with van der Waals surface area (Å²) < 4.78 is 0. The first kappa shape index (κ1) is 16.3. The molecule has 0 heterocycles. The molecule has 0 radical (unpaired) electrons. The highest BCUT2D eigenvalue weighted by atomic mass is 32.1. The van der Waals surface area contributed by atoms with Crippen LogP contribution in [0.4, 0.5) is 5.69 Å². The highest BCUT2D eigenvalue weighted by molar-refractivity contribution is 7.80. The van der Waals surface area contributed by atoms with Gasteiger partial charge in [-0.15, -0.1) is 0 Å². The minimum Gasteiger partial charge on any atom is -0.332 e. The zero-order valence-electron chi connectivity index (χ0n) is 12.2. The maximum absolute atomic E-state index is 11.8. The van der Waals surface area contributed by atoms with Crippen molar-refractivity contribution >= 4 is 34.7 Å². The normalized spacial score (nSPS) is 10.8. The van der Waals surface area contributed by atoms with Crippen LogP contribution in [0.5, 0.6) is 0 Å². The lowest BCUT2D eigenvalue weighted by Gasteiger charge is -2.18. The smallest absolute Gasteiger partial charge is 0.231 e. The molecular formula is C15H20N2O2S. The molecule has 0 spiro atoms. The Kier molecular flexibility index (Phi) is 5.39. The molecule has 108 valence electrons. The SMILES string of the molecule is CCC(=O)c1cccc(NC(=S)NC(=O)C(C)(C)C)c1. The van der Waals surface area contributed by atoms with Gasteiger partial charge in [0.25, 0.3) is 0 Å². The van der Waals surface area contributed by atoms with Crippen LogP contribution in [0.2, 0.25) is 0 Å². The van der Waals surface area contributed by atoms with E-state index in [0.717, 1.165) is 0 Å². The number of benzene rings is 1. The van der Waals surface area contributed by atoms with Crippen LogP contribution in [-0.4, -0.2) is 16.8 Å². The van der Waals surface area contributed by atoms with Crippen molar-refractivity contribution in [3.63, 3.8) is 0 Å². The minimum absolute atomic E-state index is 0.0679. The number of carbonyl (C=O) groups excluding carboxylic acids is 2. The van der Waals surface area contributed by atoms with Crippen molar-refractivity contribution in [1.29, 1.82) is 0 Å². The molecular weight excluding hydrogens is 272 g/mol. The fourth-order valence-corrected chi connectivity index (χ4v) is 1.64. The lowest BCUT2D eigenvalue weighted by Crippen LogP contribution is -2.41. The zero-order valence-corrected chi connectivity index (χ0v) is 13.1. The predicted octanol–water partition coefficient (Wildman–Crippen LogP) is 3.14. The van der Waals surface area contributed by atoms with Gasteiger partial charge in [0.15, 0.2) is 10.9 Å². The summed E-state index contributed by atoms with van der Waals surface area (Å²) in [7, 11) is 0. The van der Waals surface area contributed by atoms with E-state index in [1.165, 1.54) is 0 Å². The molecule has 2 N–H and O–H groups in total. The second-order valence-electron chi connectivity index (χ2n) is 5.52. The molecule has 1 aromatic rings. The number of hydrogen-bond donors (Lipinski definition) is 2. The summed E-state index contributed by atoms with van der Waals surface area (Å²) in [4.78, 5) is 23.4. The van der Waals surface area contributed by atoms with E-state index in [1.807, 2.05) is 27.7 Å². The summed E-state index contributed by atoms with van der Waals surface area (Å²) >= 11 is 5.09. The van der Waals surface area contributed by atoms with Gasteiger partial charge in [-0.25, -0.2) is 0 Å². The van der Waals surface area contributed by atoms with Gasteiger partial charge < -0.3 is 10.6 Å². The fourth-order valence-electron chi connectivity index (χ4n) is 1.43. The lowest BCUT2D eigenvalue weighted by molar-refractivity contribution is -0.126. The van der Waals surface area contributed by atoms with Crippen LogP contribution in [0.25, 0.3) is 0 Å². The predicted molar refractivity (Wildman–Crippen MR) is 84.9 cm³/mol. The Hall–Kier alpha value is -1.75. The summed E-state index contributed by atoms with van der Waals surface area (Å²) in [6.07, 6.45) is 0.453. The quantitative estimate of drug-likeness (QED) is 0.664. The van der Waals surface area contributed by atoms with Crippen molar-refractivity contribution in [2.45, 2.75) is 34.1 Å². The molecule has 0 bridgehead atoms. The molecule has 5 heteroatoms. The molecule has 0 aliphatic carbocycles. The molecule has 0 aliphatic heterocycles. The number of nitrogens with one attached hydrogen (secondary N) is 2. The first-order valence-electron chi connectivity index (χ1n) is 6.49. The summed E-state index contributed by atoms with van der Waals surface area (Å²) in [5, 5.41) is 5.77. The van der Waals surface area contributed by atoms with Gasteiger partial charge in [-0.2, -0.15) is 0 Å². The number of amides is 1. The molecule has 1 aromatic carbocycles. The maximum atomic E-state index is 11.8. The van der Waals surface area contributed by atoms with Gasteiger partial charge >= 0.3 is 0 Å². The first-order valence-corrected chi connectivity index (χ1v) is 6.90. The number of thiocarbonyl (C=S) groups is 1. The fraction of sp³-hybridized carbons (Fsp3) is 0.400. The third-order valence-corrected chi connectivity index (χ3v) is 2.88. The molecule has 1 amide bonds. The van der Waals surface area contributed by atoms with Gasteiger partial charge in [0.05, 0.1) is 0 Å². The molecule has 0 saturated heterocycles. The zero-order chi connectivity index (χ0) is 15.3. The third kappa shape index (κ3) is 4.74. The van der Waals surface area contributed by atoms with Crippen molar-refractivity contribution in [3.05, 3.63) is 29.8 Å². The molecule has 0 aliphatic rings. The summed E-state index contributed by atoms with van der Waals surface area (Å²) in [5.41, 5.74) is 0.803. The van der Waals surface area contributed by atoms with Crippen molar-refractivity contribution in [2.24, 2.45) is 5.41 Å². The number of hydrogen-bond acceptors (Lipinski definition) is 3. The van der Waals surface area contributed by atoms with Crippen molar-refractivity contribution in [3.8, 4) is 0 Å². The van der Waals surface area contributed by atoms with E-state index in [4.69, 9.17) is 12.2 Å². The maximum Gasteiger partial charge on any atom is 0.231 e. The summed E-state index contributed by atoms with van der Waals surface area (Å²) in [6, 6.07) is 7.05. The van der Waals surface area contributed by atoms with E-state index in [9.17, 15) is 9.59 Å². The Morgan fingerprint density at radius 3 is 2.45 bits per heavy atom. The molecule has 0 unspecified atom stereocenters. The van der Waals surface area contributed by atoms with E-state index in [-0.39, 0.29) is 16.8 Å². The molecule has 0 saturated carbocycles. The average molecular weight is 292 g/mol. The van der Waals surface area contributed by atoms with Crippen LogP contribution in [0.1, 0.15) is 44.5 Å². The van der Waals surface area contributed by atoms with Gasteiger partial charge in [-0.05, 0) is 24.4 Å². The standard InChI is InChI=1S/C15H20N2O2S/c1-5-12(18)10-7-6-8-11(9-10)16-14(20)17-13(19)15(2,3)4/h6-9H,5H2,1-4H3,(H2,16,17,19,20). The molecule has 4 nitrogen and oxygen atoms in total. The second-order valence-corrected chi connectivity index (χ2v) is 5.92. The average Bonchev–Trinajstić information content (AvgIpc) is 2.36. The summed E-state index contributed by atoms with van der Waals surface area (Å²) in [6.45, 7) is 7.25. The van der Waals surface area contributed by atoms with Gasteiger partial charge in [-0.3, -0.25) is 9.59 Å². The highest BCUT2D eigenvalue weighted by Crippen LogP contribution is 2.14. The van der Waals surface area contributed by atoms with Gasteiger partial charge in [0, 0.05) is 23.1 Å². The van der Waals surface area contributed by atoms with Gasteiger partial charge in [-0.1, -0.05) is 39.8 Å². The minimum atomic E-state index is -0.508. The Bertz CT molecular complexity index is 533. The number of Topliss-reactive ketones (excluding diaryl/α,β-unsaturated/α-hetero) is 1. The summed E-state index contributed by atoms with van der Waals surface area (Å²) in [5.74, 6) is -0.0888. The van der Waals surface area contributed by atoms with E-state index in [2.05, 4.69) is 10.6 Å². The van der Waals surface area contributed by atoms with Crippen LogP contribution >= 0.6 is 12.2 Å². The number of carbonyl (C=O) groups is 2. The highest BCUT2D eigenvalue weighted by Gasteiger charge is 2.21. The topological polar surface area (TPSA) is 58.2 Å². The van der Waals surface area contributed by atoms with Crippen molar-refractivity contribution in [1.82, 2.24) is 5.32 Å². The van der Waals surface area contributed by atoms with E-state index >= 15 is 0 Å². The number of anilines is 1. The van der Waals surface area contributed by atoms with Gasteiger partial charge in [0.1, 0.15) is 0 Å². The Morgan fingerprint density at radius 1 is 1.25 bits per heavy atom. The second kappa shape index (κ2) is 6.61. The van der Waals surface area contributed by atoms with Crippen LogP contribution in [0, 0.1) is 5.41 Å². The Labute approximate surface area is 124 Å².